The summed E-state index contributed by atoms with van der Waals surface area (Å²) in [5.41, 5.74) is 3.23. The van der Waals surface area contributed by atoms with Crippen LogP contribution in [0.15, 0.2) is 11.6 Å². The van der Waals surface area contributed by atoms with Crippen LogP contribution in [0, 0.1) is 12.8 Å². The quantitative estimate of drug-likeness (QED) is 0.0434. The maximum Gasteiger partial charge on any atom is 0.342 e. The zero-order valence-electron chi connectivity index (χ0n) is 31.7. The Hall–Kier alpha value is -4.62. The highest BCUT2D eigenvalue weighted by atomic mass is 16.7. The third kappa shape index (κ3) is 14.9. The summed E-state index contributed by atoms with van der Waals surface area (Å²) in [6, 6.07) is 0. The molecule has 0 amide bonds. The number of benzene rings is 1. The van der Waals surface area contributed by atoms with E-state index in [4.69, 9.17) is 37.9 Å². The molecule has 14 nitrogen and oxygen atoms in total. The zero-order valence-corrected chi connectivity index (χ0v) is 31.7. The van der Waals surface area contributed by atoms with E-state index in [1.807, 2.05) is 26.8 Å². The fraction of sp³-hybridized carbons (Fsp3) is 0.632. The molecule has 1 aliphatic rings. The molecule has 0 spiro atoms. The minimum atomic E-state index is -1.01. The van der Waals surface area contributed by atoms with Gasteiger partial charge in [-0.1, -0.05) is 44.3 Å². The summed E-state index contributed by atoms with van der Waals surface area (Å²) in [7, 11) is 2.88. The highest BCUT2D eigenvalue weighted by Gasteiger charge is 2.34. The lowest BCUT2D eigenvalue weighted by molar-refractivity contribution is -0.166. The third-order valence-corrected chi connectivity index (χ3v) is 8.40. The van der Waals surface area contributed by atoms with E-state index >= 15 is 0 Å². The van der Waals surface area contributed by atoms with Crippen molar-refractivity contribution in [1.82, 2.24) is 0 Å². The first-order valence-corrected chi connectivity index (χ1v) is 17.6. The summed E-state index contributed by atoms with van der Waals surface area (Å²) in [6.07, 6.45) is 5.25. The van der Waals surface area contributed by atoms with Crippen molar-refractivity contribution in [3.63, 3.8) is 0 Å². The van der Waals surface area contributed by atoms with Gasteiger partial charge in [-0.2, -0.15) is 0 Å². The van der Waals surface area contributed by atoms with Crippen LogP contribution in [0.25, 0.3) is 0 Å². The van der Waals surface area contributed by atoms with Crippen LogP contribution in [0.1, 0.15) is 119 Å². The Kier molecular flexibility index (Phi) is 18.7. The van der Waals surface area contributed by atoms with Gasteiger partial charge in [-0.3, -0.25) is 24.0 Å². The summed E-state index contributed by atoms with van der Waals surface area (Å²) in [5, 5.41) is 0. The van der Waals surface area contributed by atoms with Crippen LogP contribution in [0.5, 0.6) is 11.5 Å². The zero-order chi connectivity index (χ0) is 38.8. The number of hydrogen-bond acceptors (Lipinski definition) is 14. The molecule has 0 N–H and O–H groups in total. The van der Waals surface area contributed by atoms with Crippen LogP contribution in [0.2, 0.25) is 0 Å². The molecule has 0 aromatic heterocycles. The van der Waals surface area contributed by atoms with Crippen LogP contribution in [0.3, 0.4) is 0 Å². The Morgan fingerprint density at radius 3 is 2.08 bits per heavy atom. The molecule has 1 aromatic rings. The van der Waals surface area contributed by atoms with E-state index in [9.17, 15) is 28.8 Å². The Bertz CT molecular complexity index is 1430. The summed E-state index contributed by atoms with van der Waals surface area (Å²) < 4.78 is 42.7. The van der Waals surface area contributed by atoms with Crippen LogP contribution in [-0.4, -0.2) is 75.6 Å². The average molecular weight is 735 g/mol. The monoisotopic (exact) mass is 734 g/mol. The second-order valence-electron chi connectivity index (χ2n) is 12.9. The van der Waals surface area contributed by atoms with Gasteiger partial charge in [0, 0.05) is 51.2 Å². The van der Waals surface area contributed by atoms with Crippen molar-refractivity contribution in [2.45, 2.75) is 125 Å². The minimum absolute atomic E-state index is 0.0295. The number of methoxy groups -OCH3 is 2. The Morgan fingerprint density at radius 1 is 0.808 bits per heavy atom. The van der Waals surface area contributed by atoms with Crippen molar-refractivity contribution in [1.29, 1.82) is 0 Å². The molecule has 1 aliphatic heterocycles. The second kappa shape index (κ2) is 22.3. The fourth-order valence-corrected chi connectivity index (χ4v) is 5.63. The van der Waals surface area contributed by atoms with E-state index in [1.54, 1.807) is 6.92 Å². The minimum Gasteiger partial charge on any atom is -0.496 e. The lowest BCUT2D eigenvalue weighted by Crippen LogP contribution is -2.30. The van der Waals surface area contributed by atoms with Crippen molar-refractivity contribution in [2.75, 3.05) is 27.4 Å². The average Bonchev–Trinajstić information content (AvgIpc) is 3.47. The fourth-order valence-electron chi connectivity index (χ4n) is 5.63. The van der Waals surface area contributed by atoms with Gasteiger partial charge in [-0.25, -0.2) is 4.79 Å². The van der Waals surface area contributed by atoms with E-state index in [0.717, 1.165) is 36.8 Å². The summed E-state index contributed by atoms with van der Waals surface area (Å²) in [6.45, 7) is 9.40. The summed E-state index contributed by atoms with van der Waals surface area (Å²) in [4.78, 5) is 71.8. The van der Waals surface area contributed by atoms with E-state index in [2.05, 4.69) is 0 Å². The van der Waals surface area contributed by atoms with Gasteiger partial charge in [0.25, 0.3) is 0 Å². The maximum absolute atomic E-state index is 12.8. The number of hydrogen-bond donors (Lipinski definition) is 0. The molecule has 14 heteroatoms. The number of fused-ring (bicyclic) bond motifs is 1. The molecule has 1 aromatic carbocycles. The summed E-state index contributed by atoms with van der Waals surface area (Å²) >= 11 is 0. The van der Waals surface area contributed by atoms with Crippen LogP contribution in [0.4, 0.5) is 0 Å². The molecule has 0 bridgehead atoms. The van der Waals surface area contributed by atoms with Crippen LogP contribution >= 0.6 is 0 Å². The van der Waals surface area contributed by atoms with Gasteiger partial charge in [-0.05, 0) is 44.6 Å². The molecule has 290 valence electrons. The molecule has 0 fully saturated rings. The Labute approximate surface area is 305 Å². The lowest BCUT2D eigenvalue weighted by atomic mass is 9.94. The highest BCUT2D eigenvalue weighted by molar-refractivity contribution is 5.98. The molecule has 0 saturated heterocycles. The first-order valence-electron chi connectivity index (χ1n) is 17.6. The molecule has 2 rings (SSSR count). The number of esters is 6. The molecule has 52 heavy (non-hydrogen) atoms. The normalized spacial score (nSPS) is 13.4. The number of rotatable bonds is 23. The number of carbonyl (C=O) groups is 6. The smallest absolute Gasteiger partial charge is 0.342 e. The van der Waals surface area contributed by atoms with Gasteiger partial charge >= 0.3 is 35.8 Å². The maximum atomic E-state index is 12.8. The SMILES string of the molecule is COC(=O)CC/C(C)=C/Cc1c(OC)c(C)c2c(c1OC(C)OC(=O)CCCCCCC(C)CC(=O)OC(COC(C)=O)COC(C)=O)C(=O)OC2. The second-order valence-corrected chi connectivity index (χ2v) is 12.9. The Morgan fingerprint density at radius 2 is 1.46 bits per heavy atom. The lowest BCUT2D eigenvalue weighted by Gasteiger charge is -2.22. The van der Waals surface area contributed by atoms with Crippen molar-refractivity contribution in [2.24, 2.45) is 5.92 Å². The summed E-state index contributed by atoms with van der Waals surface area (Å²) in [5.74, 6) is -2.03. The van der Waals surface area contributed by atoms with Gasteiger partial charge in [0.15, 0.2) is 6.10 Å². The van der Waals surface area contributed by atoms with E-state index in [-0.39, 0.29) is 62.3 Å². The molecular formula is C38H54O14. The molecular weight excluding hydrogens is 680 g/mol. The predicted octanol–water partition coefficient (Wildman–Crippen LogP) is 5.79. The van der Waals surface area contributed by atoms with Crippen molar-refractivity contribution < 1.29 is 66.7 Å². The molecule has 0 saturated carbocycles. The first-order chi connectivity index (χ1) is 24.7. The first kappa shape index (κ1) is 43.5. The molecule has 2 unspecified atom stereocenters. The van der Waals surface area contributed by atoms with E-state index in [0.29, 0.717) is 36.1 Å². The van der Waals surface area contributed by atoms with Gasteiger partial charge in [0.1, 0.15) is 36.9 Å². The number of allylic oxidation sites excluding steroid dienone is 2. The van der Waals surface area contributed by atoms with E-state index < -0.39 is 42.2 Å². The van der Waals surface area contributed by atoms with Crippen LogP contribution < -0.4 is 9.47 Å². The number of unbranched alkanes of at least 4 members (excludes halogenated alkanes) is 3. The molecule has 0 radical (unpaired) electrons. The van der Waals surface area contributed by atoms with Gasteiger partial charge < -0.3 is 37.9 Å². The standard InChI is InChI=1S/C38H54O14/c1-23(16-18-32(41)45-7)15-17-30-36(46-8)25(3)31-22-49-38(44)35(31)37(30)51-28(6)50-33(42)14-12-10-9-11-13-24(2)19-34(43)52-29(20-47-26(4)39)21-48-27(5)40/h15,24,28-29H,9-14,16-22H2,1-8H3/b23-15+. The highest BCUT2D eigenvalue weighted by Crippen LogP contribution is 2.43. The van der Waals surface area contributed by atoms with E-state index in [1.165, 1.54) is 28.1 Å². The van der Waals surface area contributed by atoms with Crippen LogP contribution in [-0.2, 0) is 65.4 Å². The molecule has 2 atom stereocenters. The topological polar surface area (TPSA) is 176 Å². The largest absolute Gasteiger partial charge is 0.496 e. The van der Waals surface area contributed by atoms with Gasteiger partial charge in [-0.15, -0.1) is 0 Å². The van der Waals surface area contributed by atoms with Gasteiger partial charge in [0.05, 0.1) is 14.2 Å². The molecule has 0 aliphatic carbocycles. The Balaban J connectivity index is 1.88. The predicted molar refractivity (Wildman–Crippen MR) is 186 cm³/mol. The van der Waals surface area contributed by atoms with Gasteiger partial charge in [0.2, 0.25) is 6.29 Å². The number of carbonyl (C=O) groups excluding carboxylic acids is 6. The number of cyclic esters (lactones) is 1. The van der Waals surface area contributed by atoms with Crippen molar-refractivity contribution >= 4 is 35.8 Å². The third-order valence-electron chi connectivity index (χ3n) is 8.40. The number of ether oxygens (including phenoxy) is 8. The van der Waals surface area contributed by atoms with Crippen molar-refractivity contribution in [3.8, 4) is 11.5 Å². The molecule has 1 heterocycles. The van der Waals surface area contributed by atoms with Crippen molar-refractivity contribution in [3.05, 3.63) is 33.9 Å².